The largest absolute Gasteiger partial charge is 0.493 e. The molecule has 0 spiro atoms. The van der Waals surface area contributed by atoms with Gasteiger partial charge in [-0.1, -0.05) is 6.08 Å². The summed E-state index contributed by atoms with van der Waals surface area (Å²) >= 11 is 0. The molecule has 0 saturated heterocycles. The minimum absolute atomic E-state index is 0.127. The monoisotopic (exact) mass is 354 g/mol. The van der Waals surface area contributed by atoms with Gasteiger partial charge >= 0.3 is 11.9 Å². The molecular weight excluding hydrogens is 332 g/mol. The van der Waals surface area contributed by atoms with E-state index in [-0.39, 0.29) is 12.2 Å². The van der Waals surface area contributed by atoms with Gasteiger partial charge in [-0.05, 0) is 18.6 Å². The summed E-state index contributed by atoms with van der Waals surface area (Å²) in [6.07, 6.45) is 3.92. The molecule has 0 aliphatic heterocycles. The van der Waals surface area contributed by atoms with Gasteiger partial charge in [-0.25, -0.2) is 0 Å². The Morgan fingerprint density at radius 3 is 2.28 bits per heavy atom. The number of carbonyl (C=O) groups is 3. The zero-order chi connectivity index (χ0) is 18.8. The van der Waals surface area contributed by atoms with Crippen LogP contribution in [-0.2, 0) is 38.1 Å². The van der Waals surface area contributed by atoms with Crippen LogP contribution in [0.15, 0.2) is 24.0 Å². The number of hydrogen-bond donors (Lipinski definition) is 0. The zero-order valence-corrected chi connectivity index (χ0v) is 14.9. The number of ketones is 1. The predicted octanol–water partition coefficient (Wildman–Crippen LogP) is 0.756. The predicted molar refractivity (Wildman–Crippen MR) is 84.1 cm³/mol. The van der Waals surface area contributed by atoms with Crippen LogP contribution in [0.4, 0.5) is 0 Å². The normalized spacial score (nSPS) is 30.1. The first-order valence-corrected chi connectivity index (χ1v) is 7.68. The maximum absolute atomic E-state index is 12.9. The number of ether oxygens (including phenoxy) is 5. The van der Waals surface area contributed by atoms with Crippen LogP contribution in [0.1, 0.15) is 13.3 Å². The Morgan fingerprint density at radius 1 is 1.16 bits per heavy atom. The van der Waals surface area contributed by atoms with Crippen LogP contribution in [0.3, 0.4) is 0 Å². The second kappa shape index (κ2) is 6.97. The number of esters is 2. The molecule has 0 fully saturated rings. The third kappa shape index (κ3) is 2.65. The minimum Gasteiger partial charge on any atom is -0.493 e. The molecule has 0 amide bonds. The smallest absolute Gasteiger partial charge is 0.320 e. The van der Waals surface area contributed by atoms with Crippen molar-refractivity contribution in [1.29, 1.82) is 0 Å². The molecule has 138 valence electrons. The van der Waals surface area contributed by atoms with Crippen molar-refractivity contribution in [2.24, 2.45) is 11.3 Å². The van der Waals surface area contributed by atoms with Gasteiger partial charge in [0.1, 0.15) is 11.5 Å². The minimum atomic E-state index is -1.78. The summed E-state index contributed by atoms with van der Waals surface area (Å²) in [5, 5.41) is 0. The van der Waals surface area contributed by atoms with Gasteiger partial charge in [-0.2, -0.15) is 0 Å². The summed E-state index contributed by atoms with van der Waals surface area (Å²) < 4.78 is 26.4. The van der Waals surface area contributed by atoms with E-state index in [2.05, 4.69) is 0 Å². The fourth-order valence-corrected chi connectivity index (χ4v) is 3.67. The standard InChI is InChI=1S/C17H22O8/c1-10(18)25-13-8-6-7-12-16(13,15(20)22-3)9-11(21-2)14(19)17(12,23-4)24-5/h6,8-9,12-13H,7H2,1-5H3/t12-,13+,16+/m0/s1. The summed E-state index contributed by atoms with van der Waals surface area (Å²) in [7, 11) is 5.13. The van der Waals surface area contributed by atoms with Gasteiger partial charge in [-0.3, -0.25) is 14.4 Å². The molecule has 2 aliphatic carbocycles. The average Bonchev–Trinajstić information content (AvgIpc) is 2.61. The highest BCUT2D eigenvalue weighted by Gasteiger charge is 2.67. The Kier molecular flexibility index (Phi) is 5.34. The van der Waals surface area contributed by atoms with Crippen LogP contribution < -0.4 is 0 Å². The number of fused-ring (bicyclic) bond motifs is 1. The molecule has 0 radical (unpaired) electrons. The number of hydrogen-bond acceptors (Lipinski definition) is 8. The summed E-state index contributed by atoms with van der Waals surface area (Å²) in [5.74, 6) is -4.54. The van der Waals surface area contributed by atoms with Crippen molar-refractivity contribution >= 4 is 17.7 Å². The number of methoxy groups -OCH3 is 4. The Hall–Kier alpha value is -2.19. The van der Waals surface area contributed by atoms with E-state index in [9.17, 15) is 14.4 Å². The molecular formula is C17H22O8. The second-order valence-corrected chi connectivity index (χ2v) is 5.79. The molecule has 0 unspecified atom stereocenters. The average molecular weight is 354 g/mol. The van der Waals surface area contributed by atoms with Gasteiger partial charge < -0.3 is 23.7 Å². The van der Waals surface area contributed by atoms with E-state index in [0.717, 1.165) is 0 Å². The molecule has 0 aromatic carbocycles. The van der Waals surface area contributed by atoms with Crippen molar-refractivity contribution in [3.63, 3.8) is 0 Å². The van der Waals surface area contributed by atoms with Crippen LogP contribution in [0.25, 0.3) is 0 Å². The van der Waals surface area contributed by atoms with Crippen molar-refractivity contribution in [3.8, 4) is 0 Å². The van der Waals surface area contributed by atoms with Crippen molar-refractivity contribution in [2.45, 2.75) is 25.2 Å². The van der Waals surface area contributed by atoms with Crippen LogP contribution in [-0.4, -0.2) is 58.1 Å². The number of rotatable bonds is 5. The third-order valence-electron chi connectivity index (χ3n) is 4.76. The van der Waals surface area contributed by atoms with Crippen molar-refractivity contribution < 1.29 is 38.1 Å². The summed E-state index contributed by atoms with van der Waals surface area (Å²) in [4.78, 5) is 37.2. The Labute approximate surface area is 145 Å². The zero-order valence-electron chi connectivity index (χ0n) is 14.9. The van der Waals surface area contributed by atoms with Crippen molar-refractivity contribution in [1.82, 2.24) is 0 Å². The maximum atomic E-state index is 12.9. The molecule has 0 saturated carbocycles. The highest BCUT2D eigenvalue weighted by molar-refractivity contribution is 6.03. The van der Waals surface area contributed by atoms with Crippen LogP contribution in [0.5, 0.6) is 0 Å². The van der Waals surface area contributed by atoms with Crippen LogP contribution in [0.2, 0.25) is 0 Å². The quantitative estimate of drug-likeness (QED) is 0.405. The van der Waals surface area contributed by atoms with Crippen LogP contribution >= 0.6 is 0 Å². The molecule has 0 N–H and O–H groups in total. The van der Waals surface area contributed by atoms with E-state index < -0.39 is 40.9 Å². The first-order chi connectivity index (χ1) is 11.8. The van der Waals surface area contributed by atoms with Gasteiger partial charge in [0.05, 0.1) is 14.2 Å². The molecule has 3 atom stereocenters. The second-order valence-electron chi connectivity index (χ2n) is 5.79. The van der Waals surface area contributed by atoms with Gasteiger partial charge in [0.15, 0.2) is 5.76 Å². The lowest BCUT2D eigenvalue weighted by molar-refractivity contribution is -0.256. The highest BCUT2D eigenvalue weighted by Crippen LogP contribution is 2.53. The summed E-state index contributed by atoms with van der Waals surface area (Å²) in [5.41, 5.74) is -1.53. The van der Waals surface area contributed by atoms with Crippen molar-refractivity contribution in [3.05, 3.63) is 24.0 Å². The van der Waals surface area contributed by atoms with Gasteiger partial charge in [0, 0.05) is 27.1 Å². The van der Waals surface area contributed by atoms with E-state index in [4.69, 9.17) is 23.7 Å². The highest BCUT2D eigenvalue weighted by atomic mass is 16.7. The number of allylic oxidation sites excluding steroid dienone is 1. The lowest BCUT2D eigenvalue weighted by atomic mass is 9.59. The van der Waals surface area contributed by atoms with Gasteiger partial charge in [0.25, 0.3) is 5.78 Å². The van der Waals surface area contributed by atoms with Gasteiger partial charge in [-0.15, -0.1) is 0 Å². The first kappa shape index (κ1) is 19.1. The third-order valence-corrected chi connectivity index (χ3v) is 4.76. The Bertz CT molecular complexity index is 631. The summed E-state index contributed by atoms with van der Waals surface area (Å²) in [6, 6.07) is 0. The van der Waals surface area contributed by atoms with E-state index in [0.29, 0.717) is 0 Å². The van der Waals surface area contributed by atoms with Gasteiger partial charge in [0.2, 0.25) is 5.79 Å². The van der Waals surface area contributed by atoms with E-state index in [1.807, 2.05) is 0 Å². The van der Waals surface area contributed by atoms with Crippen LogP contribution in [0, 0.1) is 11.3 Å². The molecule has 8 heteroatoms. The lowest BCUT2D eigenvalue weighted by Crippen LogP contribution is -2.65. The molecule has 0 heterocycles. The van der Waals surface area contributed by atoms with Crippen molar-refractivity contribution in [2.75, 3.05) is 28.4 Å². The molecule has 2 aliphatic rings. The Morgan fingerprint density at radius 2 is 1.80 bits per heavy atom. The van der Waals surface area contributed by atoms with E-state index in [1.165, 1.54) is 41.4 Å². The molecule has 8 nitrogen and oxygen atoms in total. The van der Waals surface area contributed by atoms with E-state index in [1.54, 1.807) is 12.2 Å². The summed E-state index contributed by atoms with van der Waals surface area (Å²) in [6.45, 7) is 1.23. The van der Waals surface area contributed by atoms with E-state index >= 15 is 0 Å². The molecule has 25 heavy (non-hydrogen) atoms. The number of carbonyl (C=O) groups excluding carboxylic acids is 3. The SMILES string of the molecule is COC(=O)[C@]12C=C(OC)C(=O)C(OC)(OC)[C@H]1CC=C[C@H]2OC(C)=O. The fraction of sp³-hybridized carbons (Fsp3) is 0.588. The topological polar surface area (TPSA) is 97.4 Å². The Balaban J connectivity index is 2.79. The molecule has 0 bridgehead atoms. The molecule has 0 aromatic rings. The molecule has 0 aromatic heterocycles. The first-order valence-electron chi connectivity index (χ1n) is 7.68. The number of Topliss-reactive ketones (excluding diaryl/α,β-unsaturated/α-hetero) is 1. The lowest BCUT2D eigenvalue weighted by Gasteiger charge is -2.51. The maximum Gasteiger partial charge on any atom is 0.320 e. The fourth-order valence-electron chi connectivity index (χ4n) is 3.67. The molecule has 2 rings (SSSR count).